The maximum absolute atomic E-state index is 14.0. The lowest BCUT2D eigenvalue weighted by Crippen LogP contribution is -2.35. The number of hydrogen-bond acceptors (Lipinski definition) is 5. The van der Waals surface area contributed by atoms with Crippen molar-refractivity contribution in [2.75, 3.05) is 10.6 Å². The van der Waals surface area contributed by atoms with Crippen LogP contribution in [0.25, 0.3) is 0 Å². The molecule has 0 saturated heterocycles. The Morgan fingerprint density at radius 2 is 2.00 bits per heavy atom. The van der Waals surface area contributed by atoms with Gasteiger partial charge < -0.3 is 16.4 Å². The monoisotopic (exact) mass is 571 g/mol. The zero-order valence-corrected chi connectivity index (χ0v) is 21.8. The van der Waals surface area contributed by atoms with Gasteiger partial charge in [-0.2, -0.15) is 18.3 Å². The summed E-state index contributed by atoms with van der Waals surface area (Å²) in [7, 11) is 0. The van der Waals surface area contributed by atoms with E-state index in [-0.39, 0.29) is 38.5 Å². The Hall–Kier alpha value is -2.76. The van der Waals surface area contributed by atoms with Crippen molar-refractivity contribution in [3.63, 3.8) is 0 Å². The third kappa shape index (κ3) is 4.92. The number of primary amides is 1. The SMILES string of the molecule is C[C@@H]1CCc2c(sc(NC(=O)c3cc4n(n3)[C@H](C(F)(F)F)C[C@@H](c3ccc(Cl)c(Cl)c3)N4)c2C(N)=O)C1. The highest BCUT2D eigenvalue weighted by Gasteiger charge is 2.47. The number of amides is 2. The van der Waals surface area contributed by atoms with E-state index in [0.29, 0.717) is 17.9 Å². The molecule has 4 N–H and O–H groups in total. The number of carbonyl (C=O) groups is 2. The van der Waals surface area contributed by atoms with Gasteiger partial charge in [0.1, 0.15) is 10.8 Å². The second kappa shape index (κ2) is 9.52. The third-order valence-electron chi connectivity index (χ3n) is 6.75. The van der Waals surface area contributed by atoms with Crippen molar-refractivity contribution in [3.8, 4) is 0 Å². The summed E-state index contributed by atoms with van der Waals surface area (Å²) in [4.78, 5) is 26.3. The third-order valence-corrected chi connectivity index (χ3v) is 8.66. The number of nitrogens with zero attached hydrogens (tertiary/aromatic N) is 2. The zero-order chi connectivity index (χ0) is 26.6. The largest absolute Gasteiger partial charge is 0.410 e. The molecule has 0 radical (unpaired) electrons. The Bertz CT molecular complexity index is 1400. The smallest absolute Gasteiger partial charge is 0.365 e. The lowest BCUT2D eigenvalue weighted by atomic mass is 9.88. The van der Waals surface area contributed by atoms with E-state index in [1.165, 1.54) is 29.5 Å². The van der Waals surface area contributed by atoms with Crippen LogP contribution in [0.1, 0.15) is 68.7 Å². The maximum Gasteiger partial charge on any atom is 0.410 e. The molecule has 0 fully saturated rings. The number of benzene rings is 1. The van der Waals surface area contributed by atoms with Crippen LogP contribution in [0.3, 0.4) is 0 Å². The normalized spacial score (nSPS) is 21.1. The molecule has 3 atom stereocenters. The molecule has 13 heteroatoms. The van der Waals surface area contributed by atoms with Crippen molar-refractivity contribution in [2.45, 2.75) is 50.9 Å². The average Bonchev–Trinajstić information content (AvgIpc) is 3.40. The van der Waals surface area contributed by atoms with Crippen molar-refractivity contribution in [2.24, 2.45) is 11.7 Å². The van der Waals surface area contributed by atoms with Gasteiger partial charge in [-0.1, -0.05) is 36.2 Å². The zero-order valence-electron chi connectivity index (χ0n) is 19.5. The topological polar surface area (TPSA) is 102 Å². The van der Waals surface area contributed by atoms with Gasteiger partial charge in [-0.05, 0) is 48.4 Å². The molecule has 1 aromatic carbocycles. The quantitative estimate of drug-likeness (QED) is 0.337. The fourth-order valence-corrected chi connectivity index (χ4v) is 6.62. The maximum atomic E-state index is 14.0. The van der Waals surface area contributed by atoms with Crippen LogP contribution in [0, 0.1) is 5.92 Å². The van der Waals surface area contributed by atoms with Gasteiger partial charge in [-0.25, -0.2) is 4.68 Å². The summed E-state index contributed by atoms with van der Waals surface area (Å²) in [6.45, 7) is 2.11. The molecule has 0 saturated carbocycles. The number of fused-ring (bicyclic) bond motifs is 2. The van der Waals surface area contributed by atoms with Crippen LogP contribution in [0.5, 0.6) is 0 Å². The van der Waals surface area contributed by atoms with Crippen molar-refractivity contribution in [1.82, 2.24) is 9.78 Å². The van der Waals surface area contributed by atoms with Crippen molar-refractivity contribution >= 4 is 57.2 Å². The van der Waals surface area contributed by atoms with E-state index in [9.17, 15) is 22.8 Å². The number of nitrogens with two attached hydrogens (primary N) is 1. The minimum absolute atomic E-state index is 0.0317. The number of thiophene rings is 1. The average molecular weight is 572 g/mol. The summed E-state index contributed by atoms with van der Waals surface area (Å²) in [5.41, 5.74) is 7.00. The summed E-state index contributed by atoms with van der Waals surface area (Å²) < 4.78 is 42.9. The van der Waals surface area contributed by atoms with Crippen LogP contribution in [0.4, 0.5) is 24.0 Å². The molecule has 0 bridgehead atoms. The van der Waals surface area contributed by atoms with Gasteiger partial charge >= 0.3 is 6.18 Å². The van der Waals surface area contributed by atoms with E-state index in [0.717, 1.165) is 28.0 Å². The van der Waals surface area contributed by atoms with E-state index < -0.39 is 30.1 Å². The summed E-state index contributed by atoms with van der Waals surface area (Å²) in [5.74, 6) is -0.923. The van der Waals surface area contributed by atoms with Crippen LogP contribution >= 0.6 is 34.5 Å². The fraction of sp³-hybridized carbons (Fsp3) is 0.375. The van der Waals surface area contributed by atoms with E-state index in [4.69, 9.17) is 28.9 Å². The van der Waals surface area contributed by atoms with Gasteiger partial charge in [0, 0.05) is 17.4 Å². The Labute approximate surface area is 224 Å². The van der Waals surface area contributed by atoms with Crippen LogP contribution < -0.4 is 16.4 Å². The molecule has 37 heavy (non-hydrogen) atoms. The first kappa shape index (κ1) is 25.9. The lowest BCUT2D eigenvalue weighted by Gasteiger charge is -2.33. The van der Waals surface area contributed by atoms with Gasteiger partial charge in [-0.15, -0.1) is 11.3 Å². The summed E-state index contributed by atoms with van der Waals surface area (Å²) in [6.07, 6.45) is -2.64. The standard InChI is InChI=1S/C24H22Cl2F3N5O2S/c1-10-2-4-12-17(6-10)37-23(20(12)21(30)35)32-22(36)16-9-19-31-15(11-3-5-13(25)14(26)7-11)8-18(24(27,28)29)34(19)33-16/h3,5,7,9-10,15,18,31H,2,4,6,8H2,1H3,(H2,30,35)(H,32,36)/t10-,15+,18+/m1/s1. The van der Waals surface area contributed by atoms with E-state index in [2.05, 4.69) is 22.7 Å². The fourth-order valence-electron chi connectivity index (χ4n) is 4.90. The Balaban J connectivity index is 1.46. The predicted molar refractivity (Wildman–Crippen MR) is 137 cm³/mol. The molecule has 196 valence electrons. The summed E-state index contributed by atoms with van der Waals surface area (Å²) in [5, 5.41) is 10.5. The molecule has 2 aromatic heterocycles. The van der Waals surface area contributed by atoms with Gasteiger partial charge in [0.25, 0.3) is 11.8 Å². The van der Waals surface area contributed by atoms with Gasteiger partial charge in [0.2, 0.25) is 0 Å². The molecular weight excluding hydrogens is 550 g/mol. The van der Waals surface area contributed by atoms with E-state index in [1.54, 1.807) is 6.07 Å². The van der Waals surface area contributed by atoms with Crippen molar-refractivity contribution in [1.29, 1.82) is 0 Å². The number of halogens is 5. The number of rotatable bonds is 4. The highest BCUT2D eigenvalue weighted by molar-refractivity contribution is 7.17. The first-order valence-corrected chi connectivity index (χ1v) is 13.1. The van der Waals surface area contributed by atoms with Gasteiger partial charge in [0.05, 0.1) is 21.7 Å². The van der Waals surface area contributed by atoms with Crippen molar-refractivity contribution < 1.29 is 22.8 Å². The molecule has 3 aromatic rings. The first-order valence-electron chi connectivity index (χ1n) is 11.6. The second-order valence-corrected chi connectivity index (χ2v) is 11.3. The summed E-state index contributed by atoms with van der Waals surface area (Å²) in [6, 6.07) is 3.18. The number of alkyl halides is 3. The first-order chi connectivity index (χ1) is 17.4. The number of anilines is 2. The molecular formula is C24H22Cl2F3N5O2S. The van der Waals surface area contributed by atoms with Crippen LogP contribution in [-0.2, 0) is 12.8 Å². The van der Waals surface area contributed by atoms with Crippen molar-refractivity contribution in [3.05, 3.63) is 61.6 Å². The molecule has 0 unspecified atom stereocenters. The molecule has 2 aliphatic rings. The molecule has 7 nitrogen and oxygen atoms in total. The van der Waals surface area contributed by atoms with E-state index in [1.807, 2.05) is 0 Å². The Morgan fingerprint density at radius 3 is 2.68 bits per heavy atom. The van der Waals surface area contributed by atoms with Crippen LogP contribution in [0.2, 0.25) is 10.0 Å². The molecule has 3 heterocycles. The van der Waals surface area contributed by atoms with Gasteiger partial charge in [-0.3, -0.25) is 9.59 Å². The molecule has 1 aliphatic heterocycles. The molecule has 0 spiro atoms. The van der Waals surface area contributed by atoms with Crippen LogP contribution in [0.15, 0.2) is 24.3 Å². The lowest BCUT2D eigenvalue weighted by molar-refractivity contribution is -0.173. The minimum atomic E-state index is -4.62. The van der Waals surface area contributed by atoms with E-state index >= 15 is 0 Å². The number of carbonyl (C=O) groups excluding carboxylic acids is 2. The Morgan fingerprint density at radius 1 is 1.24 bits per heavy atom. The highest BCUT2D eigenvalue weighted by atomic mass is 35.5. The predicted octanol–water partition coefficient (Wildman–Crippen LogP) is 6.39. The summed E-state index contributed by atoms with van der Waals surface area (Å²) >= 11 is 13.3. The molecule has 2 amide bonds. The Kier molecular flexibility index (Phi) is 6.66. The van der Waals surface area contributed by atoms with Crippen LogP contribution in [-0.4, -0.2) is 27.8 Å². The van der Waals surface area contributed by atoms with Gasteiger partial charge in [0.15, 0.2) is 11.7 Å². The second-order valence-electron chi connectivity index (χ2n) is 9.40. The minimum Gasteiger partial charge on any atom is -0.365 e. The number of aromatic nitrogens is 2. The molecule has 1 aliphatic carbocycles. The number of hydrogen-bond donors (Lipinski definition) is 3. The molecule has 5 rings (SSSR count). The highest BCUT2D eigenvalue weighted by Crippen LogP contribution is 2.45. The number of nitrogens with one attached hydrogen (secondary N) is 2.